The summed E-state index contributed by atoms with van der Waals surface area (Å²) in [5, 5.41) is 0. The number of nitrogens with zero attached hydrogens (tertiary/aromatic N) is 1. The first-order valence-corrected chi connectivity index (χ1v) is 5.33. The fourth-order valence-corrected chi connectivity index (χ4v) is 1.94. The van der Waals surface area contributed by atoms with Crippen LogP contribution in [0.25, 0.3) is 0 Å². The molecule has 1 aliphatic heterocycles. The predicted octanol–water partition coefficient (Wildman–Crippen LogP) is 0.915. The van der Waals surface area contributed by atoms with Gasteiger partial charge in [0.1, 0.15) is 0 Å². The summed E-state index contributed by atoms with van der Waals surface area (Å²) in [4.78, 5) is 24.5. The lowest BCUT2D eigenvalue weighted by Crippen LogP contribution is -2.44. The summed E-state index contributed by atoms with van der Waals surface area (Å²) in [6.45, 7) is 0.401. The first-order chi connectivity index (χ1) is 7.68. The van der Waals surface area contributed by atoms with Crippen LogP contribution in [0.15, 0.2) is 30.3 Å². The van der Waals surface area contributed by atoms with E-state index < -0.39 is 0 Å². The Morgan fingerprint density at radius 3 is 2.62 bits per heavy atom. The van der Waals surface area contributed by atoms with E-state index in [1.54, 1.807) is 4.90 Å². The zero-order valence-electron chi connectivity index (χ0n) is 8.93. The number of piperidine rings is 1. The van der Waals surface area contributed by atoms with E-state index in [1.165, 1.54) is 0 Å². The normalized spacial score (nSPS) is 20.9. The summed E-state index contributed by atoms with van der Waals surface area (Å²) in [5.41, 5.74) is 6.11. The average molecular weight is 218 g/mol. The Balaban J connectivity index is 2.19. The Labute approximate surface area is 94.0 Å². The lowest BCUT2D eigenvalue weighted by Gasteiger charge is -2.31. The minimum absolute atomic E-state index is 0.0590. The topological polar surface area (TPSA) is 63.4 Å². The number of anilines is 1. The van der Waals surface area contributed by atoms with Gasteiger partial charge in [-0.3, -0.25) is 9.59 Å². The minimum Gasteiger partial charge on any atom is -0.369 e. The molecule has 16 heavy (non-hydrogen) atoms. The highest BCUT2D eigenvalue weighted by atomic mass is 16.2. The molecule has 0 saturated carbocycles. The molecule has 1 heterocycles. The van der Waals surface area contributed by atoms with Crippen LogP contribution >= 0.6 is 0 Å². The molecule has 0 unspecified atom stereocenters. The van der Waals surface area contributed by atoms with Crippen LogP contribution in [0, 0.1) is 5.92 Å². The second-order valence-electron chi connectivity index (χ2n) is 3.98. The molecule has 0 aliphatic carbocycles. The van der Waals surface area contributed by atoms with Gasteiger partial charge in [0.05, 0.1) is 5.92 Å². The van der Waals surface area contributed by atoms with Crippen molar-refractivity contribution in [1.82, 2.24) is 0 Å². The van der Waals surface area contributed by atoms with E-state index in [-0.39, 0.29) is 17.7 Å². The molecular formula is C12H14N2O2. The number of amides is 2. The van der Waals surface area contributed by atoms with Gasteiger partial charge in [-0.05, 0) is 18.6 Å². The molecule has 1 aromatic rings. The van der Waals surface area contributed by atoms with Crippen molar-refractivity contribution in [2.75, 3.05) is 11.4 Å². The highest BCUT2D eigenvalue weighted by Crippen LogP contribution is 2.23. The number of rotatable bonds is 2. The largest absolute Gasteiger partial charge is 0.369 e. The summed E-state index contributed by atoms with van der Waals surface area (Å²) in [6, 6.07) is 9.36. The van der Waals surface area contributed by atoms with Crippen molar-refractivity contribution in [3.8, 4) is 0 Å². The Morgan fingerprint density at radius 1 is 1.31 bits per heavy atom. The summed E-state index contributed by atoms with van der Waals surface area (Å²) in [5.74, 6) is -0.491. The SMILES string of the molecule is NC(=O)[C@H]1CCC(=O)N(c2ccccc2)C1. The predicted molar refractivity (Wildman–Crippen MR) is 60.7 cm³/mol. The second kappa shape index (κ2) is 4.35. The van der Waals surface area contributed by atoms with Gasteiger partial charge in [0.25, 0.3) is 0 Å². The molecule has 0 aromatic heterocycles. The number of hydrogen-bond acceptors (Lipinski definition) is 2. The van der Waals surface area contributed by atoms with Crippen LogP contribution in [0.1, 0.15) is 12.8 Å². The van der Waals surface area contributed by atoms with E-state index >= 15 is 0 Å². The molecular weight excluding hydrogens is 204 g/mol. The summed E-state index contributed by atoms with van der Waals surface area (Å²) < 4.78 is 0. The molecule has 4 heteroatoms. The molecule has 2 rings (SSSR count). The van der Waals surface area contributed by atoms with Gasteiger partial charge in [-0.25, -0.2) is 0 Å². The van der Waals surface area contributed by atoms with Crippen LogP contribution in [-0.4, -0.2) is 18.4 Å². The van der Waals surface area contributed by atoms with Gasteiger partial charge in [0.15, 0.2) is 0 Å². The highest BCUT2D eigenvalue weighted by molar-refractivity contribution is 5.95. The number of primary amides is 1. The first-order valence-electron chi connectivity index (χ1n) is 5.33. The second-order valence-corrected chi connectivity index (χ2v) is 3.98. The van der Waals surface area contributed by atoms with Crippen LogP contribution < -0.4 is 10.6 Å². The fraction of sp³-hybridized carbons (Fsp3) is 0.333. The van der Waals surface area contributed by atoms with Crippen LogP contribution in [0.2, 0.25) is 0 Å². The maximum absolute atomic E-state index is 11.7. The lowest BCUT2D eigenvalue weighted by atomic mass is 9.96. The molecule has 1 atom stereocenters. The lowest BCUT2D eigenvalue weighted by molar-refractivity contribution is -0.125. The third-order valence-electron chi connectivity index (χ3n) is 2.88. The van der Waals surface area contributed by atoms with Gasteiger partial charge in [0.2, 0.25) is 11.8 Å². The number of para-hydroxylation sites is 1. The smallest absolute Gasteiger partial charge is 0.227 e. The van der Waals surface area contributed by atoms with Crippen molar-refractivity contribution in [3.63, 3.8) is 0 Å². The molecule has 2 amide bonds. The van der Waals surface area contributed by atoms with Gasteiger partial charge < -0.3 is 10.6 Å². The van der Waals surface area contributed by atoms with Crippen molar-refractivity contribution in [3.05, 3.63) is 30.3 Å². The third-order valence-corrected chi connectivity index (χ3v) is 2.88. The van der Waals surface area contributed by atoms with Crippen LogP contribution in [0.5, 0.6) is 0 Å². The van der Waals surface area contributed by atoms with E-state index in [2.05, 4.69) is 0 Å². The number of carbonyl (C=O) groups is 2. The molecule has 2 N–H and O–H groups in total. The number of nitrogens with two attached hydrogens (primary N) is 1. The molecule has 1 aromatic carbocycles. The van der Waals surface area contributed by atoms with Crippen molar-refractivity contribution in [2.24, 2.45) is 11.7 Å². The van der Waals surface area contributed by atoms with Gasteiger partial charge in [0, 0.05) is 18.7 Å². The van der Waals surface area contributed by atoms with Crippen molar-refractivity contribution >= 4 is 17.5 Å². The van der Waals surface area contributed by atoms with Crippen molar-refractivity contribution in [2.45, 2.75) is 12.8 Å². The van der Waals surface area contributed by atoms with Gasteiger partial charge in [-0.2, -0.15) is 0 Å². The van der Waals surface area contributed by atoms with Crippen LogP contribution in [0.3, 0.4) is 0 Å². The number of carbonyl (C=O) groups excluding carboxylic acids is 2. The molecule has 84 valence electrons. The zero-order chi connectivity index (χ0) is 11.5. The summed E-state index contributed by atoms with van der Waals surface area (Å²) >= 11 is 0. The van der Waals surface area contributed by atoms with Gasteiger partial charge >= 0.3 is 0 Å². The van der Waals surface area contributed by atoms with Gasteiger partial charge in [-0.15, -0.1) is 0 Å². The Morgan fingerprint density at radius 2 is 2.00 bits per heavy atom. The summed E-state index contributed by atoms with van der Waals surface area (Å²) in [7, 11) is 0. The first kappa shape index (κ1) is 10.7. The third kappa shape index (κ3) is 2.05. The Hall–Kier alpha value is -1.84. The fourth-order valence-electron chi connectivity index (χ4n) is 1.94. The molecule has 1 saturated heterocycles. The standard InChI is InChI=1S/C12H14N2O2/c13-12(16)9-6-7-11(15)14(8-9)10-4-2-1-3-5-10/h1-5,9H,6-8H2,(H2,13,16)/t9-/m0/s1. The molecule has 0 radical (unpaired) electrons. The number of benzene rings is 1. The number of hydrogen-bond donors (Lipinski definition) is 1. The van der Waals surface area contributed by atoms with Crippen molar-refractivity contribution < 1.29 is 9.59 Å². The highest BCUT2D eigenvalue weighted by Gasteiger charge is 2.29. The Kier molecular flexibility index (Phi) is 2.90. The Bertz CT molecular complexity index is 403. The van der Waals surface area contributed by atoms with Crippen LogP contribution in [-0.2, 0) is 9.59 Å². The maximum atomic E-state index is 11.7. The molecule has 1 aliphatic rings. The van der Waals surface area contributed by atoms with E-state index in [9.17, 15) is 9.59 Å². The quantitative estimate of drug-likeness (QED) is 0.802. The van der Waals surface area contributed by atoms with E-state index in [4.69, 9.17) is 5.73 Å². The molecule has 0 spiro atoms. The van der Waals surface area contributed by atoms with E-state index in [0.29, 0.717) is 19.4 Å². The molecule has 1 fully saturated rings. The minimum atomic E-state index is -0.326. The van der Waals surface area contributed by atoms with E-state index in [1.807, 2.05) is 30.3 Å². The summed E-state index contributed by atoms with van der Waals surface area (Å²) in [6.07, 6.45) is 0.958. The molecule has 0 bridgehead atoms. The van der Waals surface area contributed by atoms with Gasteiger partial charge in [-0.1, -0.05) is 18.2 Å². The van der Waals surface area contributed by atoms with Crippen LogP contribution in [0.4, 0.5) is 5.69 Å². The molecule has 4 nitrogen and oxygen atoms in total. The monoisotopic (exact) mass is 218 g/mol. The maximum Gasteiger partial charge on any atom is 0.227 e. The van der Waals surface area contributed by atoms with Crippen molar-refractivity contribution in [1.29, 1.82) is 0 Å². The van der Waals surface area contributed by atoms with E-state index in [0.717, 1.165) is 5.69 Å². The average Bonchev–Trinajstić information content (AvgIpc) is 2.30. The zero-order valence-corrected chi connectivity index (χ0v) is 8.93.